The molecule has 0 saturated heterocycles. The first-order chi connectivity index (χ1) is 14.4. The number of anilines is 3. The van der Waals surface area contributed by atoms with Gasteiger partial charge >= 0.3 is 12.4 Å². The Hall–Kier alpha value is -3.63. The summed E-state index contributed by atoms with van der Waals surface area (Å²) >= 11 is 0. The van der Waals surface area contributed by atoms with Crippen molar-refractivity contribution in [2.24, 2.45) is 0 Å². The number of amides is 1. The van der Waals surface area contributed by atoms with Crippen molar-refractivity contribution < 1.29 is 31.1 Å². The van der Waals surface area contributed by atoms with Gasteiger partial charge in [0.2, 0.25) is 5.95 Å². The maximum absolute atomic E-state index is 13.1. The Morgan fingerprint density at radius 1 is 0.903 bits per heavy atom. The van der Waals surface area contributed by atoms with E-state index in [1.165, 1.54) is 19.3 Å². The molecule has 0 atom stereocenters. The number of hydrogen-bond donors (Lipinski definition) is 1. The molecule has 0 radical (unpaired) electrons. The molecule has 3 rings (SSSR count). The average Bonchev–Trinajstić information content (AvgIpc) is 2.72. The van der Waals surface area contributed by atoms with Gasteiger partial charge in [0.25, 0.3) is 5.91 Å². The third-order valence-electron chi connectivity index (χ3n) is 4.18. The highest BCUT2D eigenvalue weighted by atomic mass is 19.4. The molecule has 1 N–H and O–H groups in total. The van der Waals surface area contributed by atoms with Crippen LogP contribution in [0.5, 0.6) is 0 Å². The standard InChI is InChI=1S/C20H14F6N4O/c1-30(15-10-13(19(21,22)23)9-14(11-15)20(24,25)26)18-27-8-7-16(29-18)28-17(31)12-5-3-2-4-6-12/h2-11H,1H3,(H,27,28,29,31). The lowest BCUT2D eigenvalue weighted by atomic mass is 10.1. The molecule has 2 aromatic carbocycles. The van der Waals surface area contributed by atoms with Crippen molar-refractivity contribution in [2.45, 2.75) is 12.4 Å². The molecule has 0 unspecified atom stereocenters. The zero-order chi connectivity index (χ0) is 22.8. The van der Waals surface area contributed by atoms with E-state index < -0.39 is 35.1 Å². The minimum Gasteiger partial charge on any atom is -0.314 e. The summed E-state index contributed by atoms with van der Waals surface area (Å²) in [6, 6.07) is 10.6. The van der Waals surface area contributed by atoms with Crippen LogP contribution in [0, 0.1) is 0 Å². The molecule has 0 bridgehead atoms. The van der Waals surface area contributed by atoms with Crippen molar-refractivity contribution in [2.75, 3.05) is 17.3 Å². The molecule has 5 nitrogen and oxygen atoms in total. The van der Waals surface area contributed by atoms with E-state index in [9.17, 15) is 31.1 Å². The minimum absolute atomic E-state index is 0.0220. The molecule has 0 saturated carbocycles. The lowest BCUT2D eigenvalue weighted by Crippen LogP contribution is -2.18. The number of aromatic nitrogens is 2. The van der Waals surface area contributed by atoms with Gasteiger partial charge in [-0.15, -0.1) is 0 Å². The van der Waals surface area contributed by atoms with Crippen LogP contribution in [0.3, 0.4) is 0 Å². The molecule has 11 heteroatoms. The molecule has 1 aromatic heterocycles. The first-order valence-electron chi connectivity index (χ1n) is 8.68. The Bertz CT molecular complexity index is 1050. The van der Waals surface area contributed by atoms with Crippen molar-refractivity contribution in [1.29, 1.82) is 0 Å². The lowest BCUT2D eigenvalue weighted by molar-refractivity contribution is -0.143. The number of nitrogens with one attached hydrogen (secondary N) is 1. The normalized spacial score (nSPS) is 11.8. The van der Waals surface area contributed by atoms with Gasteiger partial charge in [0.15, 0.2) is 0 Å². The predicted molar refractivity (Wildman–Crippen MR) is 101 cm³/mol. The fourth-order valence-electron chi connectivity index (χ4n) is 2.61. The number of halogens is 6. The van der Waals surface area contributed by atoms with Crippen molar-refractivity contribution in [1.82, 2.24) is 9.97 Å². The fourth-order valence-corrected chi connectivity index (χ4v) is 2.61. The van der Waals surface area contributed by atoms with Crippen LogP contribution in [-0.4, -0.2) is 22.9 Å². The number of rotatable bonds is 4. The van der Waals surface area contributed by atoms with E-state index in [2.05, 4.69) is 15.3 Å². The number of hydrogen-bond acceptors (Lipinski definition) is 4. The Kier molecular flexibility index (Phi) is 5.87. The molecular weight excluding hydrogens is 426 g/mol. The molecular formula is C20H14F6N4O. The van der Waals surface area contributed by atoms with Gasteiger partial charge in [-0.2, -0.15) is 31.3 Å². The lowest BCUT2D eigenvalue weighted by Gasteiger charge is -2.21. The second kappa shape index (κ2) is 8.25. The van der Waals surface area contributed by atoms with Crippen molar-refractivity contribution in [3.05, 3.63) is 77.5 Å². The van der Waals surface area contributed by atoms with Gasteiger partial charge in [-0.1, -0.05) is 18.2 Å². The summed E-state index contributed by atoms with van der Waals surface area (Å²) in [5.41, 5.74) is -3.01. The molecule has 0 aliphatic heterocycles. The second-order valence-corrected chi connectivity index (χ2v) is 6.39. The van der Waals surface area contributed by atoms with Crippen LogP contribution < -0.4 is 10.2 Å². The highest BCUT2D eigenvalue weighted by Gasteiger charge is 2.37. The summed E-state index contributed by atoms with van der Waals surface area (Å²) < 4.78 is 78.6. The average molecular weight is 440 g/mol. The molecule has 0 fully saturated rings. The topological polar surface area (TPSA) is 58.1 Å². The van der Waals surface area contributed by atoms with E-state index in [4.69, 9.17) is 0 Å². The summed E-state index contributed by atoms with van der Waals surface area (Å²) in [4.78, 5) is 21.1. The molecule has 1 heterocycles. The molecule has 31 heavy (non-hydrogen) atoms. The van der Waals surface area contributed by atoms with Crippen LogP contribution in [0.25, 0.3) is 0 Å². The van der Waals surface area contributed by atoms with Crippen molar-refractivity contribution in [3.8, 4) is 0 Å². The van der Waals surface area contributed by atoms with E-state index in [-0.39, 0.29) is 17.8 Å². The van der Waals surface area contributed by atoms with E-state index in [1.54, 1.807) is 30.3 Å². The Balaban J connectivity index is 1.93. The number of carbonyl (C=O) groups excluding carboxylic acids is 1. The summed E-state index contributed by atoms with van der Waals surface area (Å²) in [7, 11) is 1.22. The largest absolute Gasteiger partial charge is 0.416 e. The van der Waals surface area contributed by atoms with Gasteiger partial charge in [0.05, 0.1) is 11.1 Å². The Morgan fingerprint density at radius 3 is 2.03 bits per heavy atom. The summed E-state index contributed by atoms with van der Waals surface area (Å²) in [6.45, 7) is 0. The summed E-state index contributed by atoms with van der Waals surface area (Å²) in [5, 5.41) is 2.50. The highest BCUT2D eigenvalue weighted by Crippen LogP contribution is 2.39. The Morgan fingerprint density at radius 2 is 1.48 bits per heavy atom. The van der Waals surface area contributed by atoms with Crippen LogP contribution in [-0.2, 0) is 12.4 Å². The quantitative estimate of drug-likeness (QED) is 0.542. The van der Waals surface area contributed by atoms with Gasteiger partial charge < -0.3 is 10.2 Å². The molecule has 0 aliphatic rings. The van der Waals surface area contributed by atoms with Crippen molar-refractivity contribution in [3.63, 3.8) is 0 Å². The van der Waals surface area contributed by atoms with Gasteiger partial charge in [0.1, 0.15) is 5.82 Å². The SMILES string of the molecule is CN(c1cc(C(F)(F)F)cc(C(F)(F)F)c1)c1nccc(NC(=O)c2ccccc2)n1. The first kappa shape index (κ1) is 22.1. The summed E-state index contributed by atoms with van der Waals surface area (Å²) in [5.74, 6) is -0.682. The van der Waals surface area contributed by atoms with E-state index in [0.717, 1.165) is 4.90 Å². The number of nitrogens with zero attached hydrogens (tertiary/aromatic N) is 3. The zero-order valence-electron chi connectivity index (χ0n) is 15.8. The molecule has 3 aromatic rings. The predicted octanol–water partition coefficient (Wildman–Crippen LogP) is 5.53. The van der Waals surface area contributed by atoms with Crippen LogP contribution >= 0.6 is 0 Å². The summed E-state index contributed by atoms with van der Waals surface area (Å²) in [6.07, 6.45) is -8.75. The second-order valence-electron chi connectivity index (χ2n) is 6.39. The van der Waals surface area contributed by atoms with E-state index >= 15 is 0 Å². The zero-order valence-corrected chi connectivity index (χ0v) is 15.8. The molecule has 162 valence electrons. The van der Waals surface area contributed by atoms with Crippen LogP contribution in [0.1, 0.15) is 21.5 Å². The monoisotopic (exact) mass is 440 g/mol. The molecule has 0 spiro atoms. The van der Waals surface area contributed by atoms with Gasteiger partial charge in [-0.25, -0.2) is 4.98 Å². The van der Waals surface area contributed by atoms with Gasteiger partial charge in [-0.05, 0) is 36.4 Å². The third kappa shape index (κ3) is 5.30. The first-order valence-corrected chi connectivity index (χ1v) is 8.68. The van der Waals surface area contributed by atoms with E-state index in [0.29, 0.717) is 17.7 Å². The maximum Gasteiger partial charge on any atom is 0.416 e. The number of alkyl halides is 6. The van der Waals surface area contributed by atoms with Crippen LogP contribution in [0.4, 0.5) is 43.8 Å². The minimum atomic E-state index is -4.98. The highest BCUT2D eigenvalue weighted by molar-refractivity contribution is 6.03. The maximum atomic E-state index is 13.1. The molecule has 0 aliphatic carbocycles. The van der Waals surface area contributed by atoms with Gasteiger partial charge in [0, 0.05) is 24.5 Å². The third-order valence-corrected chi connectivity index (χ3v) is 4.18. The number of carbonyl (C=O) groups is 1. The van der Waals surface area contributed by atoms with Crippen LogP contribution in [0.15, 0.2) is 60.8 Å². The van der Waals surface area contributed by atoms with E-state index in [1.807, 2.05) is 0 Å². The van der Waals surface area contributed by atoms with Gasteiger partial charge in [-0.3, -0.25) is 4.79 Å². The van der Waals surface area contributed by atoms with Crippen LogP contribution in [0.2, 0.25) is 0 Å². The molecule has 1 amide bonds. The fraction of sp³-hybridized carbons (Fsp3) is 0.150. The Labute approximate surface area is 172 Å². The smallest absolute Gasteiger partial charge is 0.314 e. The number of benzene rings is 2. The van der Waals surface area contributed by atoms with Crippen molar-refractivity contribution >= 4 is 23.4 Å².